The lowest BCUT2D eigenvalue weighted by atomic mass is 9.86. The number of aliphatic hydroxyl groups excluding tert-OH is 1. The number of hydroxylamine groups is 4. The fraction of sp³-hybridized carbons (Fsp3) is 0.316. The van der Waals surface area contributed by atoms with Crippen molar-refractivity contribution in [2.75, 3.05) is 13.2 Å². The highest BCUT2D eigenvalue weighted by Gasteiger charge is 2.71. The number of hydrogen-bond donors (Lipinski definition) is 4. The number of ketones is 1. The van der Waals surface area contributed by atoms with E-state index >= 15 is 0 Å². The molecule has 0 aliphatic carbocycles. The Bertz CT molecular complexity index is 867. The van der Waals surface area contributed by atoms with Gasteiger partial charge in [-0.2, -0.15) is 10.3 Å². The molecule has 4 heterocycles. The summed E-state index contributed by atoms with van der Waals surface area (Å²) in [5.74, 6) is 0.0607. The quantitative estimate of drug-likeness (QED) is 0.428. The van der Waals surface area contributed by atoms with E-state index in [9.17, 15) is 20.3 Å². The van der Waals surface area contributed by atoms with Crippen molar-refractivity contribution in [1.82, 2.24) is 15.0 Å². The van der Waals surface area contributed by atoms with Gasteiger partial charge in [0.1, 0.15) is 5.75 Å². The summed E-state index contributed by atoms with van der Waals surface area (Å²) in [6, 6.07) is 5.89. The molecule has 148 valence electrons. The van der Waals surface area contributed by atoms with Crippen LogP contribution < -0.4 is 0 Å². The largest absolute Gasteiger partial charge is 0.508 e. The van der Waals surface area contributed by atoms with Crippen LogP contribution in [0.25, 0.3) is 0 Å². The van der Waals surface area contributed by atoms with Crippen molar-refractivity contribution >= 4 is 5.78 Å². The van der Waals surface area contributed by atoms with Crippen LogP contribution in [0.1, 0.15) is 23.7 Å². The number of phenolic OH excluding ortho intramolecular Hbond substituents is 1. The zero-order valence-electron chi connectivity index (χ0n) is 15.4. The van der Waals surface area contributed by atoms with Crippen molar-refractivity contribution in [3.8, 4) is 5.75 Å². The molecule has 0 saturated carbocycles. The van der Waals surface area contributed by atoms with E-state index in [-0.39, 0.29) is 18.1 Å². The number of β-amino-alcohol motifs (C(OH)–C–C–N with tert-alkyl or cyclic N) is 1. The second-order valence-electron chi connectivity index (χ2n) is 7.03. The van der Waals surface area contributed by atoms with Crippen molar-refractivity contribution in [2.24, 2.45) is 0 Å². The van der Waals surface area contributed by atoms with Crippen LogP contribution in [-0.4, -0.2) is 71.0 Å². The average molecular weight is 387 g/mol. The molecule has 1 aromatic carbocycles. The molecule has 9 heteroatoms. The van der Waals surface area contributed by atoms with Crippen LogP contribution in [0.5, 0.6) is 5.75 Å². The predicted molar refractivity (Wildman–Crippen MR) is 96.9 cm³/mol. The van der Waals surface area contributed by atoms with Crippen molar-refractivity contribution in [1.29, 1.82) is 0 Å². The molecule has 0 amide bonds. The fourth-order valence-electron chi connectivity index (χ4n) is 4.00. The smallest absolute Gasteiger partial charge is 0.247 e. The molecule has 9 nitrogen and oxygen atoms in total. The molecule has 1 fully saturated rings. The summed E-state index contributed by atoms with van der Waals surface area (Å²) in [5, 5.41) is 42.7. The fourth-order valence-corrected chi connectivity index (χ4v) is 4.00. The molecule has 0 spiro atoms. The van der Waals surface area contributed by atoms with Crippen molar-refractivity contribution in [3.63, 3.8) is 0 Å². The Morgan fingerprint density at radius 2 is 1.86 bits per heavy atom. The number of hydrogen-bond acceptors (Lipinski definition) is 8. The normalized spacial score (nSPS) is 27.1. The molecule has 5 rings (SSSR count). The van der Waals surface area contributed by atoms with Gasteiger partial charge in [0.25, 0.3) is 0 Å². The van der Waals surface area contributed by atoms with Gasteiger partial charge in [-0.1, -0.05) is 6.92 Å². The number of aliphatic hydroxyl groups is 1. The monoisotopic (exact) mass is 387 g/mol. The molecule has 0 aromatic heterocycles. The molecule has 2 bridgehead atoms. The molecular weight excluding hydrogens is 364 g/mol. The van der Waals surface area contributed by atoms with Crippen LogP contribution in [0.4, 0.5) is 0 Å². The van der Waals surface area contributed by atoms with Gasteiger partial charge < -0.3 is 15.1 Å². The Morgan fingerprint density at radius 1 is 1.21 bits per heavy atom. The first kappa shape index (κ1) is 18.5. The van der Waals surface area contributed by atoms with E-state index in [1.165, 1.54) is 35.5 Å². The minimum atomic E-state index is -1.38. The third kappa shape index (κ3) is 2.38. The number of phenols is 1. The van der Waals surface area contributed by atoms with Gasteiger partial charge in [-0.05, 0) is 41.2 Å². The van der Waals surface area contributed by atoms with Crippen molar-refractivity contribution < 1.29 is 30.2 Å². The molecule has 4 N–H and O–H groups in total. The molecule has 2 atom stereocenters. The minimum absolute atomic E-state index is 0.0446. The number of nitrogens with zero attached hydrogens (tertiary/aromatic N) is 4. The second-order valence-corrected chi connectivity index (χ2v) is 7.03. The molecule has 1 aromatic rings. The summed E-state index contributed by atoms with van der Waals surface area (Å²) in [7, 11) is 0. The van der Waals surface area contributed by atoms with Crippen LogP contribution in [0.2, 0.25) is 0 Å². The molecule has 4 aliphatic heterocycles. The number of fused-ring (bicyclic) bond motifs is 1. The molecular formula is C19H23N4O5+. The van der Waals surface area contributed by atoms with E-state index in [0.29, 0.717) is 24.4 Å². The van der Waals surface area contributed by atoms with Crippen molar-refractivity contribution in [2.45, 2.75) is 25.0 Å². The number of benzene rings is 1. The number of quaternary nitrogens is 1. The first-order valence-electron chi connectivity index (χ1n) is 9.09. The average Bonchev–Trinajstić information content (AvgIpc) is 3.06. The van der Waals surface area contributed by atoms with E-state index in [1.807, 2.05) is 6.92 Å². The van der Waals surface area contributed by atoms with Crippen LogP contribution >= 0.6 is 0 Å². The van der Waals surface area contributed by atoms with E-state index in [4.69, 9.17) is 5.11 Å². The molecule has 28 heavy (non-hydrogen) atoms. The maximum atomic E-state index is 13.6. The first-order valence-corrected chi connectivity index (χ1v) is 9.09. The molecule has 2 unspecified atom stereocenters. The lowest BCUT2D eigenvalue weighted by molar-refractivity contribution is -1.17. The Kier molecular flexibility index (Phi) is 4.20. The van der Waals surface area contributed by atoms with Gasteiger partial charge in [0.15, 0.2) is 5.54 Å². The molecule has 1 saturated heterocycles. The summed E-state index contributed by atoms with van der Waals surface area (Å²) in [5.41, 5.74) is -1.04. The van der Waals surface area contributed by atoms with Gasteiger partial charge in [-0.15, -0.1) is 5.01 Å². The Hall–Kier alpha value is -2.85. The number of rotatable bonds is 6. The van der Waals surface area contributed by atoms with Crippen LogP contribution in [0.3, 0.4) is 0 Å². The van der Waals surface area contributed by atoms with E-state index in [0.717, 1.165) is 5.06 Å². The molecule has 0 radical (unpaired) electrons. The standard InChI is InChI=1S/C19H22N4O5/c1-2-17-21(27)16-13-23(17,28)22(16)19(7-9-20(10-8-19)11-12-24)18(26)14-3-5-15(25)6-4-14/h3-10,13,17,24,27-28H,2,11-12H2,1H3/p+1. The zero-order chi connectivity index (χ0) is 20.1. The number of carbonyl (C=O) groups is 1. The van der Waals surface area contributed by atoms with Gasteiger partial charge in [-0.25, -0.2) is 0 Å². The van der Waals surface area contributed by atoms with Gasteiger partial charge in [0.05, 0.1) is 6.61 Å². The van der Waals surface area contributed by atoms with E-state index in [1.54, 1.807) is 29.5 Å². The second kappa shape index (κ2) is 6.35. The Morgan fingerprint density at radius 3 is 2.39 bits per heavy atom. The minimum Gasteiger partial charge on any atom is -0.508 e. The summed E-state index contributed by atoms with van der Waals surface area (Å²) in [4.78, 5) is 15.3. The van der Waals surface area contributed by atoms with Gasteiger partial charge >= 0.3 is 0 Å². The lowest BCUT2D eigenvalue weighted by Gasteiger charge is -2.47. The van der Waals surface area contributed by atoms with Gasteiger partial charge in [0.2, 0.25) is 24.0 Å². The maximum absolute atomic E-state index is 13.6. The summed E-state index contributed by atoms with van der Waals surface area (Å²) < 4.78 is -0.708. The highest BCUT2D eigenvalue weighted by molar-refractivity contribution is 6.06. The number of Topliss-reactive ketones (excluding diaryl/α,β-unsaturated/α-hetero) is 1. The zero-order valence-corrected chi connectivity index (χ0v) is 15.4. The Balaban J connectivity index is 1.78. The first-order chi connectivity index (χ1) is 13.4. The van der Waals surface area contributed by atoms with Crippen LogP contribution in [0, 0.1) is 0 Å². The van der Waals surface area contributed by atoms with Gasteiger partial charge in [-0.3, -0.25) is 10.0 Å². The highest BCUT2D eigenvalue weighted by atomic mass is 16.7. The number of carbonyl (C=O) groups excluding carboxylic acids is 1. The van der Waals surface area contributed by atoms with Gasteiger partial charge in [0, 0.05) is 30.9 Å². The third-order valence-corrected chi connectivity index (χ3v) is 5.41. The Labute approximate surface area is 162 Å². The SMILES string of the molecule is CCC1N(O)C2=C[N+]1(O)N2C1(C(=O)c2ccc(O)cc2)C=CN(CCO)C=C1. The lowest BCUT2D eigenvalue weighted by Crippen LogP contribution is -2.68. The van der Waals surface area contributed by atoms with E-state index < -0.39 is 16.5 Å². The van der Waals surface area contributed by atoms with E-state index in [2.05, 4.69) is 0 Å². The summed E-state index contributed by atoms with van der Waals surface area (Å²) >= 11 is 0. The van der Waals surface area contributed by atoms with Crippen LogP contribution in [-0.2, 0) is 0 Å². The van der Waals surface area contributed by atoms with Crippen molar-refractivity contribution in [3.05, 3.63) is 66.4 Å². The third-order valence-electron chi connectivity index (χ3n) is 5.41. The highest BCUT2D eigenvalue weighted by Crippen LogP contribution is 2.50. The predicted octanol–water partition coefficient (Wildman–Crippen LogP) is 1.33. The topological polar surface area (TPSA) is 108 Å². The maximum Gasteiger partial charge on any atom is 0.247 e. The summed E-state index contributed by atoms with van der Waals surface area (Å²) in [6.45, 7) is 2.15. The number of aromatic hydroxyl groups is 1. The molecule has 4 aliphatic rings. The van der Waals surface area contributed by atoms with Crippen LogP contribution in [0.15, 0.2) is 60.8 Å². The summed E-state index contributed by atoms with van der Waals surface area (Å²) in [6.07, 6.45) is 7.92.